The third-order valence-electron chi connectivity index (χ3n) is 6.91. The van der Waals surface area contributed by atoms with Crippen molar-refractivity contribution in [2.45, 2.75) is 72.0 Å². The van der Waals surface area contributed by atoms with Gasteiger partial charge in [0.05, 0.1) is 25.0 Å². The van der Waals surface area contributed by atoms with E-state index < -0.39 is 0 Å². The van der Waals surface area contributed by atoms with E-state index in [1.165, 1.54) is 24.1 Å². The maximum Gasteiger partial charge on any atom is 0.226 e. The molecule has 0 unspecified atom stereocenters. The van der Waals surface area contributed by atoms with Gasteiger partial charge in [0.2, 0.25) is 5.91 Å². The van der Waals surface area contributed by atoms with Crippen molar-refractivity contribution in [2.24, 2.45) is 5.92 Å². The molecule has 2 heterocycles. The number of rotatable bonds is 7. The Balaban J connectivity index is 1.72. The highest BCUT2D eigenvalue weighted by Crippen LogP contribution is 2.32. The summed E-state index contributed by atoms with van der Waals surface area (Å²) >= 11 is 0. The smallest absolute Gasteiger partial charge is 0.226 e. The highest BCUT2D eigenvalue weighted by Gasteiger charge is 2.32. The molecular weight excluding hydrogens is 388 g/mol. The van der Waals surface area contributed by atoms with Crippen molar-refractivity contribution in [3.05, 3.63) is 41.2 Å². The van der Waals surface area contributed by atoms with Crippen LogP contribution in [0, 0.1) is 5.92 Å². The van der Waals surface area contributed by atoms with Gasteiger partial charge in [-0.2, -0.15) is 5.10 Å². The van der Waals surface area contributed by atoms with Crippen molar-refractivity contribution >= 4 is 5.91 Å². The van der Waals surface area contributed by atoms with Crippen LogP contribution in [0.25, 0.3) is 5.69 Å². The van der Waals surface area contributed by atoms with E-state index in [9.17, 15) is 4.79 Å². The van der Waals surface area contributed by atoms with Crippen LogP contribution in [0.1, 0.15) is 63.4 Å². The number of hydrogen-bond acceptors (Lipinski definition) is 4. The number of likely N-dealkylation sites (N-methyl/N-ethyl adjacent to an activating group) is 1. The number of amides is 1. The molecular formula is C25H36N4O2. The van der Waals surface area contributed by atoms with Crippen LogP contribution in [0.5, 0.6) is 5.75 Å². The van der Waals surface area contributed by atoms with Crippen LogP contribution in [0.2, 0.25) is 0 Å². The Morgan fingerprint density at radius 1 is 1.26 bits per heavy atom. The van der Waals surface area contributed by atoms with Crippen molar-refractivity contribution in [1.82, 2.24) is 19.6 Å². The molecule has 1 aliphatic heterocycles. The van der Waals surface area contributed by atoms with Crippen LogP contribution in [0.3, 0.4) is 0 Å². The molecule has 2 aromatic rings. The number of para-hydroxylation sites is 2. The average molecular weight is 425 g/mol. The monoisotopic (exact) mass is 424 g/mol. The maximum atomic E-state index is 13.3. The first-order valence-corrected chi connectivity index (χ1v) is 11.8. The number of methoxy groups -OCH3 is 1. The molecule has 0 radical (unpaired) electrons. The molecule has 1 aromatic carbocycles. The van der Waals surface area contributed by atoms with E-state index >= 15 is 0 Å². The summed E-state index contributed by atoms with van der Waals surface area (Å²) in [6, 6.07) is 8.21. The summed E-state index contributed by atoms with van der Waals surface area (Å²) in [6.07, 6.45) is 5.35. The topological polar surface area (TPSA) is 50.6 Å². The highest BCUT2D eigenvalue weighted by molar-refractivity contribution is 5.79. The minimum Gasteiger partial charge on any atom is -0.494 e. The summed E-state index contributed by atoms with van der Waals surface area (Å²) in [7, 11) is 1.70. The molecule has 1 aromatic heterocycles. The van der Waals surface area contributed by atoms with E-state index in [0.29, 0.717) is 12.5 Å². The Morgan fingerprint density at radius 3 is 2.68 bits per heavy atom. The molecule has 0 saturated heterocycles. The number of carbonyl (C=O) groups is 1. The Morgan fingerprint density at radius 2 is 2.00 bits per heavy atom. The SMILES string of the molecule is CCN1CCc2c(c(CN(C(=O)C3CCCC3)C(C)C)nn2-c2ccccc2OC)C1. The van der Waals surface area contributed by atoms with E-state index in [-0.39, 0.29) is 12.0 Å². The van der Waals surface area contributed by atoms with Crippen LogP contribution in [0.4, 0.5) is 0 Å². The molecule has 6 heteroatoms. The summed E-state index contributed by atoms with van der Waals surface area (Å²) in [5.74, 6) is 1.30. The van der Waals surface area contributed by atoms with Gasteiger partial charge in [-0.05, 0) is 45.4 Å². The van der Waals surface area contributed by atoms with E-state index in [4.69, 9.17) is 9.84 Å². The summed E-state index contributed by atoms with van der Waals surface area (Å²) < 4.78 is 7.70. The van der Waals surface area contributed by atoms with E-state index in [2.05, 4.69) is 41.3 Å². The molecule has 2 aliphatic rings. The Bertz CT molecular complexity index is 914. The van der Waals surface area contributed by atoms with Gasteiger partial charge in [-0.1, -0.05) is 31.9 Å². The Labute approximate surface area is 186 Å². The van der Waals surface area contributed by atoms with Crippen LogP contribution in [-0.2, 0) is 24.3 Å². The molecule has 168 valence electrons. The van der Waals surface area contributed by atoms with Crippen LogP contribution < -0.4 is 4.74 Å². The Hall–Kier alpha value is -2.34. The molecule has 0 bridgehead atoms. The van der Waals surface area contributed by atoms with Gasteiger partial charge in [-0.25, -0.2) is 4.68 Å². The number of aromatic nitrogens is 2. The van der Waals surface area contributed by atoms with Crippen LogP contribution >= 0.6 is 0 Å². The number of hydrogen-bond donors (Lipinski definition) is 0. The van der Waals surface area contributed by atoms with Crippen molar-refractivity contribution in [1.29, 1.82) is 0 Å². The minimum absolute atomic E-state index is 0.158. The first-order chi connectivity index (χ1) is 15.0. The van der Waals surface area contributed by atoms with Crippen LogP contribution in [-0.4, -0.2) is 51.7 Å². The summed E-state index contributed by atoms with van der Waals surface area (Å²) in [5.41, 5.74) is 4.53. The fraction of sp³-hybridized carbons (Fsp3) is 0.600. The maximum absolute atomic E-state index is 13.3. The van der Waals surface area contributed by atoms with Gasteiger partial charge in [-0.3, -0.25) is 9.69 Å². The van der Waals surface area contributed by atoms with E-state index in [1.54, 1.807) is 7.11 Å². The van der Waals surface area contributed by atoms with Gasteiger partial charge >= 0.3 is 0 Å². The Kier molecular flexibility index (Phi) is 6.65. The molecule has 0 spiro atoms. The fourth-order valence-electron chi connectivity index (χ4n) is 5.03. The van der Waals surface area contributed by atoms with E-state index in [0.717, 1.165) is 56.0 Å². The summed E-state index contributed by atoms with van der Waals surface area (Å²) in [5, 5.41) is 5.09. The summed E-state index contributed by atoms with van der Waals surface area (Å²) in [4.78, 5) is 17.8. The van der Waals surface area contributed by atoms with Gasteiger partial charge in [-0.15, -0.1) is 0 Å². The predicted molar refractivity (Wildman–Crippen MR) is 122 cm³/mol. The first kappa shape index (κ1) is 21.9. The molecule has 0 atom stereocenters. The van der Waals surface area contributed by atoms with Gasteiger partial charge in [0.1, 0.15) is 11.4 Å². The third-order valence-corrected chi connectivity index (χ3v) is 6.91. The molecule has 1 amide bonds. The minimum atomic E-state index is 0.158. The molecule has 6 nitrogen and oxygen atoms in total. The van der Waals surface area contributed by atoms with Crippen LogP contribution in [0.15, 0.2) is 24.3 Å². The second-order valence-electron chi connectivity index (χ2n) is 9.12. The quantitative estimate of drug-likeness (QED) is 0.669. The third kappa shape index (κ3) is 4.36. The molecule has 0 N–H and O–H groups in total. The molecule has 1 aliphatic carbocycles. The second kappa shape index (κ2) is 9.43. The lowest BCUT2D eigenvalue weighted by Gasteiger charge is -2.30. The van der Waals surface area contributed by atoms with Crippen molar-refractivity contribution in [2.75, 3.05) is 20.2 Å². The lowest BCUT2D eigenvalue weighted by Crippen LogP contribution is -2.40. The normalized spacial score (nSPS) is 17.2. The molecule has 1 fully saturated rings. The molecule has 4 rings (SSSR count). The van der Waals surface area contributed by atoms with Crippen molar-refractivity contribution in [3.63, 3.8) is 0 Å². The first-order valence-electron chi connectivity index (χ1n) is 11.8. The molecule has 31 heavy (non-hydrogen) atoms. The second-order valence-corrected chi connectivity index (χ2v) is 9.12. The summed E-state index contributed by atoms with van der Waals surface area (Å²) in [6.45, 7) is 9.96. The fourth-order valence-corrected chi connectivity index (χ4v) is 5.03. The number of ether oxygens (including phenoxy) is 1. The predicted octanol–water partition coefficient (Wildman–Crippen LogP) is 4.19. The van der Waals surface area contributed by atoms with Gasteiger partial charge < -0.3 is 9.64 Å². The molecule has 1 saturated carbocycles. The zero-order valence-electron chi connectivity index (χ0n) is 19.4. The van der Waals surface area contributed by atoms with Crippen molar-refractivity contribution in [3.8, 4) is 11.4 Å². The lowest BCUT2D eigenvalue weighted by molar-refractivity contribution is -0.137. The van der Waals surface area contributed by atoms with Gasteiger partial charge in [0.15, 0.2) is 0 Å². The zero-order chi connectivity index (χ0) is 22.0. The number of carbonyl (C=O) groups excluding carboxylic acids is 1. The average Bonchev–Trinajstić information content (AvgIpc) is 3.45. The zero-order valence-corrected chi connectivity index (χ0v) is 19.4. The van der Waals surface area contributed by atoms with Gasteiger partial charge in [0, 0.05) is 37.0 Å². The van der Waals surface area contributed by atoms with Gasteiger partial charge in [0.25, 0.3) is 0 Å². The standard InChI is InChI=1S/C25H36N4O2/c1-5-27-15-14-22-20(16-27)21(26-29(22)23-12-8-9-13-24(23)31-4)17-28(18(2)3)25(30)19-10-6-7-11-19/h8-9,12-13,18-19H,5-7,10-11,14-17H2,1-4H3. The van der Waals surface area contributed by atoms with Crippen molar-refractivity contribution < 1.29 is 9.53 Å². The largest absolute Gasteiger partial charge is 0.494 e. The number of nitrogens with zero attached hydrogens (tertiary/aromatic N) is 4. The van der Waals surface area contributed by atoms with E-state index in [1.807, 2.05) is 18.2 Å². The highest BCUT2D eigenvalue weighted by atomic mass is 16.5. The lowest BCUT2D eigenvalue weighted by atomic mass is 10.0. The number of benzene rings is 1. The number of fused-ring (bicyclic) bond motifs is 1.